The number of nitrogens with one attached hydrogen (secondary N) is 1. The van der Waals surface area contributed by atoms with Gasteiger partial charge in [-0.2, -0.15) is 0 Å². The van der Waals surface area contributed by atoms with Gasteiger partial charge in [-0.1, -0.05) is 109 Å². The van der Waals surface area contributed by atoms with Gasteiger partial charge in [-0.3, -0.25) is 4.79 Å². The molecule has 2 heteroatoms. The van der Waals surface area contributed by atoms with Gasteiger partial charge in [0.05, 0.1) is 6.04 Å². The molecule has 0 saturated heterocycles. The van der Waals surface area contributed by atoms with Crippen LogP contribution in [0.2, 0.25) is 0 Å². The van der Waals surface area contributed by atoms with Crippen molar-refractivity contribution < 1.29 is 4.79 Å². The Balaban J connectivity index is 1.70. The Morgan fingerprint density at radius 1 is 0.655 bits per heavy atom. The number of hydrogen-bond donors (Lipinski definition) is 1. The number of amides is 1. The van der Waals surface area contributed by atoms with Gasteiger partial charge in [-0.15, -0.1) is 0 Å². The van der Waals surface area contributed by atoms with Crippen molar-refractivity contribution in [2.75, 3.05) is 0 Å². The van der Waals surface area contributed by atoms with Gasteiger partial charge in [0.15, 0.2) is 0 Å². The maximum atomic E-state index is 13.4. The van der Waals surface area contributed by atoms with E-state index in [4.69, 9.17) is 0 Å². The maximum absolute atomic E-state index is 13.4. The fourth-order valence-electron chi connectivity index (χ4n) is 3.52. The van der Waals surface area contributed by atoms with Crippen molar-refractivity contribution in [3.8, 4) is 11.1 Å². The Hall–Kier alpha value is -3.65. The number of carbonyl (C=O) groups excluding carboxylic acids is 1. The summed E-state index contributed by atoms with van der Waals surface area (Å²) in [7, 11) is 0. The maximum Gasteiger partial charge on any atom is 0.252 e. The predicted molar refractivity (Wildman–Crippen MR) is 119 cm³/mol. The third-order valence-electron chi connectivity index (χ3n) is 5.08. The predicted octanol–water partition coefficient (Wildman–Crippen LogP) is 6.18. The summed E-state index contributed by atoms with van der Waals surface area (Å²) in [4.78, 5) is 13.4. The van der Waals surface area contributed by atoms with Gasteiger partial charge in [0.25, 0.3) is 5.91 Å². The van der Waals surface area contributed by atoms with Crippen molar-refractivity contribution >= 4 is 5.91 Å². The molecule has 0 radical (unpaired) electrons. The normalized spacial score (nSPS) is 10.7. The molecule has 4 aromatic rings. The number of aryl methyl sites for hydroxylation is 1. The summed E-state index contributed by atoms with van der Waals surface area (Å²) < 4.78 is 0. The van der Waals surface area contributed by atoms with Crippen molar-refractivity contribution in [2.45, 2.75) is 13.0 Å². The molecule has 0 saturated carbocycles. The smallest absolute Gasteiger partial charge is 0.252 e. The van der Waals surface area contributed by atoms with E-state index in [9.17, 15) is 4.79 Å². The van der Waals surface area contributed by atoms with Crippen LogP contribution in [-0.4, -0.2) is 5.91 Å². The van der Waals surface area contributed by atoms with Crippen molar-refractivity contribution in [3.63, 3.8) is 0 Å². The summed E-state index contributed by atoms with van der Waals surface area (Å²) in [5, 5.41) is 3.25. The highest BCUT2D eigenvalue weighted by atomic mass is 16.1. The van der Waals surface area contributed by atoms with Gasteiger partial charge in [0, 0.05) is 5.56 Å². The summed E-state index contributed by atoms with van der Waals surface area (Å²) in [6.45, 7) is 2.06. The molecule has 2 nitrogen and oxygen atoms in total. The first-order chi connectivity index (χ1) is 14.2. The largest absolute Gasteiger partial charge is 0.341 e. The second-order valence-corrected chi connectivity index (χ2v) is 7.14. The zero-order valence-electron chi connectivity index (χ0n) is 16.4. The van der Waals surface area contributed by atoms with E-state index in [1.807, 2.05) is 84.9 Å². The molecule has 0 spiro atoms. The first-order valence-electron chi connectivity index (χ1n) is 9.79. The molecular formula is C27H23NO. The summed E-state index contributed by atoms with van der Waals surface area (Å²) in [6, 6.07) is 36.0. The molecule has 142 valence electrons. The first kappa shape index (κ1) is 18.7. The average molecular weight is 377 g/mol. The van der Waals surface area contributed by atoms with Gasteiger partial charge >= 0.3 is 0 Å². The highest BCUT2D eigenvalue weighted by molar-refractivity contribution is 6.01. The molecule has 0 bridgehead atoms. The second-order valence-electron chi connectivity index (χ2n) is 7.14. The van der Waals surface area contributed by atoms with Crippen LogP contribution in [0.25, 0.3) is 11.1 Å². The second kappa shape index (κ2) is 8.57. The topological polar surface area (TPSA) is 29.1 Å². The van der Waals surface area contributed by atoms with E-state index in [1.165, 1.54) is 5.56 Å². The highest BCUT2D eigenvalue weighted by Gasteiger charge is 2.19. The van der Waals surface area contributed by atoms with Crippen LogP contribution in [-0.2, 0) is 0 Å². The quantitative estimate of drug-likeness (QED) is 0.442. The summed E-state index contributed by atoms with van der Waals surface area (Å²) in [6.07, 6.45) is 0. The van der Waals surface area contributed by atoms with E-state index < -0.39 is 0 Å². The molecule has 0 unspecified atom stereocenters. The lowest BCUT2D eigenvalue weighted by Crippen LogP contribution is -2.29. The van der Waals surface area contributed by atoms with E-state index in [-0.39, 0.29) is 11.9 Å². The SMILES string of the molecule is Cc1ccc(-c2ccccc2C(=O)NC(c2ccccc2)c2ccccc2)cc1. The van der Waals surface area contributed by atoms with Gasteiger partial charge in [-0.25, -0.2) is 0 Å². The summed E-state index contributed by atoms with van der Waals surface area (Å²) in [5.41, 5.74) is 5.96. The fourth-order valence-corrected chi connectivity index (χ4v) is 3.52. The highest BCUT2D eigenvalue weighted by Crippen LogP contribution is 2.27. The van der Waals surface area contributed by atoms with Crippen LogP contribution < -0.4 is 5.32 Å². The van der Waals surface area contributed by atoms with Gasteiger partial charge in [-0.05, 0) is 35.2 Å². The Kier molecular flexibility index (Phi) is 5.53. The molecule has 4 aromatic carbocycles. The lowest BCUT2D eigenvalue weighted by molar-refractivity contribution is 0.0943. The molecule has 0 atom stereocenters. The molecule has 0 aliphatic carbocycles. The van der Waals surface area contributed by atoms with Crippen molar-refractivity contribution in [3.05, 3.63) is 131 Å². The number of carbonyl (C=O) groups is 1. The minimum atomic E-state index is -0.212. The summed E-state index contributed by atoms with van der Waals surface area (Å²) in [5.74, 6) is -0.0844. The Bertz CT molecular complexity index is 1050. The van der Waals surface area contributed by atoms with Crippen LogP contribution in [0.15, 0.2) is 109 Å². The Labute approximate surface area is 171 Å². The molecule has 0 heterocycles. The van der Waals surface area contributed by atoms with Crippen molar-refractivity contribution in [1.82, 2.24) is 5.32 Å². The van der Waals surface area contributed by atoms with E-state index in [0.717, 1.165) is 22.3 Å². The van der Waals surface area contributed by atoms with Gasteiger partial charge in [0.1, 0.15) is 0 Å². The standard InChI is InChI=1S/C27H23NO/c1-20-16-18-21(19-17-20)24-14-8-9-15-25(24)27(29)28-26(22-10-4-2-5-11-22)23-12-6-3-7-13-23/h2-19,26H,1H3,(H,28,29). The first-order valence-corrected chi connectivity index (χ1v) is 9.79. The van der Waals surface area contributed by atoms with Crippen LogP contribution in [0.3, 0.4) is 0 Å². The molecular weight excluding hydrogens is 354 g/mol. The Morgan fingerprint density at radius 2 is 1.17 bits per heavy atom. The van der Waals surface area contributed by atoms with Crippen LogP contribution in [0, 0.1) is 6.92 Å². The Morgan fingerprint density at radius 3 is 1.76 bits per heavy atom. The summed E-state index contributed by atoms with van der Waals surface area (Å²) >= 11 is 0. The van der Waals surface area contributed by atoms with Crippen LogP contribution in [0.1, 0.15) is 33.1 Å². The molecule has 29 heavy (non-hydrogen) atoms. The molecule has 1 N–H and O–H groups in total. The van der Waals surface area contributed by atoms with Crippen LogP contribution in [0.5, 0.6) is 0 Å². The molecule has 0 aromatic heterocycles. The lowest BCUT2D eigenvalue weighted by Gasteiger charge is -2.21. The third-order valence-corrected chi connectivity index (χ3v) is 5.08. The number of rotatable bonds is 5. The molecule has 0 aliphatic rings. The van der Waals surface area contributed by atoms with E-state index in [1.54, 1.807) is 0 Å². The van der Waals surface area contributed by atoms with E-state index in [2.05, 4.69) is 36.5 Å². The van der Waals surface area contributed by atoms with E-state index >= 15 is 0 Å². The van der Waals surface area contributed by atoms with Crippen molar-refractivity contribution in [2.24, 2.45) is 0 Å². The molecule has 4 rings (SSSR count). The number of benzene rings is 4. The van der Waals surface area contributed by atoms with E-state index in [0.29, 0.717) is 5.56 Å². The zero-order chi connectivity index (χ0) is 20.1. The minimum Gasteiger partial charge on any atom is -0.341 e. The number of hydrogen-bond acceptors (Lipinski definition) is 1. The minimum absolute atomic E-state index is 0.0844. The average Bonchev–Trinajstić information content (AvgIpc) is 2.79. The van der Waals surface area contributed by atoms with Crippen LogP contribution >= 0.6 is 0 Å². The molecule has 1 amide bonds. The van der Waals surface area contributed by atoms with Gasteiger partial charge in [0.2, 0.25) is 0 Å². The van der Waals surface area contributed by atoms with Crippen molar-refractivity contribution in [1.29, 1.82) is 0 Å². The van der Waals surface area contributed by atoms with Crippen LogP contribution in [0.4, 0.5) is 0 Å². The molecule has 0 fully saturated rings. The molecule has 0 aliphatic heterocycles. The van der Waals surface area contributed by atoms with Gasteiger partial charge < -0.3 is 5.32 Å². The lowest BCUT2D eigenvalue weighted by atomic mass is 9.96. The fraction of sp³-hybridized carbons (Fsp3) is 0.0741. The zero-order valence-corrected chi connectivity index (χ0v) is 16.4. The third kappa shape index (κ3) is 4.27. The monoisotopic (exact) mass is 377 g/mol.